The van der Waals surface area contributed by atoms with Gasteiger partial charge in [-0.1, -0.05) is 19.4 Å². The molecule has 2 N–H and O–H groups in total. The van der Waals surface area contributed by atoms with Gasteiger partial charge in [0.1, 0.15) is 5.82 Å². The third-order valence-corrected chi connectivity index (χ3v) is 5.01. The summed E-state index contributed by atoms with van der Waals surface area (Å²) in [5.74, 6) is 1.99. The van der Waals surface area contributed by atoms with Crippen LogP contribution in [0, 0.1) is 5.92 Å². The third kappa shape index (κ3) is 4.44. The second-order valence-electron chi connectivity index (χ2n) is 6.91. The van der Waals surface area contributed by atoms with Crippen LogP contribution in [0.3, 0.4) is 0 Å². The number of nitrogens with zero attached hydrogens (tertiary/aromatic N) is 2. The Morgan fingerprint density at radius 3 is 2.78 bits per heavy atom. The van der Waals surface area contributed by atoms with Crippen LogP contribution in [-0.2, 0) is 11.3 Å². The molecule has 0 aromatic carbocycles. The predicted octanol–water partition coefficient (Wildman–Crippen LogP) is 2.08. The highest BCUT2D eigenvalue weighted by atomic mass is 16.2. The zero-order chi connectivity index (χ0) is 16.1. The Labute approximate surface area is 138 Å². The number of rotatable bonds is 4. The highest BCUT2D eigenvalue weighted by Crippen LogP contribution is 2.21. The maximum atomic E-state index is 12.1. The Morgan fingerprint density at radius 1 is 1.30 bits per heavy atom. The summed E-state index contributed by atoms with van der Waals surface area (Å²) in [5, 5.41) is 6.29. The van der Waals surface area contributed by atoms with Crippen LogP contribution in [0.1, 0.15) is 44.6 Å². The highest BCUT2D eigenvalue weighted by molar-refractivity contribution is 5.81. The van der Waals surface area contributed by atoms with Gasteiger partial charge in [0.15, 0.2) is 0 Å². The standard InChI is InChI=1S/C18H28N4O/c1-14-7-10-22(11-8-14)17-6-5-15(12-20-17)13-21-18(23)16-4-2-3-9-19-16/h5-6,12,14,16,19H,2-4,7-11,13H2,1H3,(H,21,23)/t16-/m1/s1. The van der Waals surface area contributed by atoms with Gasteiger partial charge in [-0.05, 0) is 49.8 Å². The first kappa shape index (κ1) is 16.2. The van der Waals surface area contributed by atoms with Crippen molar-refractivity contribution in [1.82, 2.24) is 15.6 Å². The molecule has 126 valence electrons. The Kier molecular flexibility index (Phi) is 5.49. The van der Waals surface area contributed by atoms with Crippen molar-refractivity contribution < 1.29 is 4.79 Å². The second kappa shape index (κ2) is 7.77. The molecule has 2 saturated heterocycles. The molecule has 0 spiro atoms. The number of piperidine rings is 2. The van der Waals surface area contributed by atoms with E-state index >= 15 is 0 Å². The number of pyridine rings is 1. The summed E-state index contributed by atoms with van der Waals surface area (Å²) in [6.07, 6.45) is 7.63. The lowest BCUT2D eigenvalue weighted by molar-refractivity contribution is -0.123. The average Bonchev–Trinajstić information content (AvgIpc) is 2.61. The summed E-state index contributed by atoms with van der Waals surface area (Å²) < 4.78 is 0. The maximum Gasteiger partial charge on any atom is 0.237 e. The molecular weight excluding hydrogens is 288 g/mol. The minimum Gasteiger partial charge on any atom is -0.357 e. The van der Waals surface area contributed by atoms with Gasteiger partial charge in [0, 0.05) is 25.8 Å². The van der Waals surface area contributed by atoms with Gasteiger partial charge in [0.2, 0.25) is 5.91 Å². The van der Waals surface area contributed by atoms with E-state index in [4.69, 9.17) is 0 Å². The van der Waals surface area contributed by atoms with Gasteiger partial charge in [-0.3, -0.25) is 4.79 Å². The molecule has 1 aromatic rings. The molecule has 5 nitrogen and oxygen atoms in total. The summed E-state index contributed by atoms with van der Waals surface area (Å²) in [5.41, 5.74) is 1.06. The molecule has 5 heteroatoms. The van der Waals surface area contributed by atoms with E-state index in [-0.39, 0.29) is 11.9 Å². The molecule has 0 unspecified atom stereocenters. The first-order chi connectivity index (χ1) is 11.2. The molecule has 1 aromatic heterocycles. The number of amides is 1. The zero-order valence-electron chi connectivity index (χ0n) is 14.1. The molecule has 0 saturated carbocycles. The fourth-order valence-corrected chi connectivity index (χ4v) is 3.33. The molecule has 3 heterocycles. The van der Waals surface area contributed by atoms with Crippen LogP contribution < -0.4 is 15.5 Å². The van der Waals surface area contributed by atoms with Crippen molar-refractivity contribution in [3.8, 4) is 0 Å². The van der Waals surface area contributed by atoms with Crippen molar-refractivity contribution in [2.75, 3.05) is 24.5 Å². The Bertz CT molecular complexity index is 502. The van der Waals surface area contributed by atoms with E-state index in [9.17, 15) is 4.79 Å². The minimum atomic E-state index is -0.0219. The summed E-state index contributed by atoms with van der Waals surface area (Å²) in [4.78, 5) is 19.0. The summed E-state index contributed by atoms with van der Waals surface area (Å²) >= 11 is 0. The Morgan fingerprint density at radius 2 is 2.13 bits per heavy atom. The van der Waals surface area contributed by atoms with E-state index in [2.05, 4.69) is 39.6 Å². The first-order valence-electron chi connectivity index (χ1n) is 8.93. The number of aromatic nitrogens is 1. The SMILES string of the molecule is CC1CCN(c2ccc(CNC(=O)[C@H]3CCCCN3)cn2)CC1. The Hall–Kier alpha value is -1.62. The van der Waals surface area contributed by atoms with Crippen molar-refractivity contribution in [3.05, 3.63) is 23.9 Å². The third-order valence-electron chi connectivity index (χ3n) is 5.01. The summed E-state index contributed by atoms with van der Waals surface area (Å²) in [7, 11) is 0. The van der Waals surface area contributed by atoms with E-state index in [1.807, 2.05) is 6.20 Å². The molecule has 0 bridgehead atoms. The quantitative estimate of drug-likeness (QED) is 0.893. The van der Waals surface area contributed by atoms with Crippen molar-refractivity contribution in [2.24, 2.45) is 5.92 Å². The van der Waals surface area contributed by atoms with Crippen LogP contribution in [0.5, 0.6) is 0 Å². The van der Waals surface area contributed by atoms with E-state index in [0.717, 1.165) is 49.8 Å². The second-order valence-corrected chi connectivity index (χ2v) is 6.91. The lowest BCUT2D eigenvalue weighted by Gasteiger charge is -2.31. The van der Waals surface area contributed by atoms with Crippen LogP contribution >= 0.6 is 0 Å². The normalized spacial score (nSPS) is 22.8. The number of anilines is 1. The van der Waals surface area contributed by atoms with Crippen molar-refractivity contribution >= 4 is 11.7 Å². The molecule has 2 aliphatic heterocycles. The number of carbonyl (C=O) groups excluding carboxylic acids is 1. The topological polar surface area (TPSA) is 57.3 Å². The molecule has 2 aliphatic rings. The van der Waals surface area contributed by atoms with Gasteiger partial charge in [0.05, 0.1) is 6.04 Å². The average molecular weight is 316 g/mol. The van der Waals surface area contributed by atoms with Gasteiger partial charge < -0.3 is 15.5 Å². The molecule has 1 atom stereocenters. The molecule has 0 radical (unpaired) electrons. The van der Waals surface area contributed by atoms with Crippen molar-refractivity contribution in [1.29, 1.82) is 0 Å². The van der Waals surface area contributed by atoms with E-state index in [0.29, 0.717) is 6.54 Å². The zero-order valence-corrected chi connectivity index (χ0v) is 14.1. The van der Waals surface area contributed by atoms with E-state index in [1.165, 1.54) is 19.3 Å². The van der Waals surface area contributed by atoms with Gasteiger partial charge in [-0.2, -0.15) is 0 Å². The van der Waals surface area contributed by atoms with Crippen LogP contribution in [0.4, 0.5) is 5.82 Å². The molecular formula is C18H28N4O. The first-order valence-corrected chi connectivity index (χ1v) is 8.93. The van der Waals surface area contributed by atoms with Gasteiger partial charge >= 0.3 is 0 Å². The van der Waals surface area contributed by atoms with Crippen LogP contribution in [-0.4, -0.2) is 36.6 Å². The number of hydrogen-bond donors (Lipinski definition) is 2. The fraction of sp³-hybridized carbons (Fsp3) is 0.667. The lowest BCUT2D eigenvalue weighted by atomic mass is 9.99. The lowest BCUT2D eigenvalue weighted by Crippen LogP contribution is -2.46. The monoisotopic (exact) mass is 316 g/mol. The predicted molar refractivity (Wildman–Crippen MR) is 92.3 cm³/mol. The fourth-order valence-electron chi connectivity index (χ4n) is 3.33. The molecule has 2 fully saturated rings. The maximum absolute atomic E-state index is 12.1. The van der Waals surface area contributed by atoms with Gasteiger partial charge in [0.25, 0.3) is 0 Å². The number of hydrogen-bond acceptors (Lipinski definition) is 4. The number of nitrogens with one attached hydrogen (secondary N) is 2. The largest absolute Gasteiger partial charge is 0.357 e. The molecule has 0 aliphatic carbocycles. The van der Waals surface area contributed by atoms with E-state index in [1.54, 1.807) is 0 Å². The minimum absolute atomic E-state index is 0.0219. The molecule has 23 heavy (non-hydrogen) atoms. The Balaban J connectivity index is 1.48. The number of carbonyl (C=O) groups is 1. The summed E-state index contributed by atoms with van der Waals surface area (Å²) in [6.45, 7) is 6.01. The van der Waals surface area contributed by atoms with Crippen LogP contribution in [0.25, 0.3) is 0 Å². The van der Waals surface area contributed by atoms with Gasteiger partial charge in [-0.15, -0.1) is 0 Å². The molecule has 1 amide bonds. The van der Waals surface area contributed by atoms with Crippen molar-refractivity contribution in [3.63, 3.8) is 0 Å². The van der Waals surface area contributed by atoms with Crippen molar-refractivity contribution in [2.45, 2.75) is 51.6 Å². The van der Waals surface area contributed by atoms with Gasteiger partial charge in [-0.25, -0.2) is 4.98 Å². The van der Waals surface area contributed by atoms with Crippen LogP contribution in [0.15, 0.2) is 18.3 Å². The smallest absolute Gasteiger partial charge is 0.237 e. The molecule has 3 rings (SSSR count). The van der Waals surface area contributed by atoms with Crippen LogP contribution in [0.2, 0.25) is 0 Å². The van der Waals surface area contributed by atoms with E-state index < -0.39 is 0 Å². The highest BCUT2D eigenvalue weighted by Gasteiger charge is 2.20. The summed E-state index contributed by atoms with van der Waals surface area (Å²) in [6, 6.07) is 4.14.